The number of hydrogen-bond acceptors (Lipinski definition) is 7. The number of aromatic nitrogens is 2. The van der Waals surface area contributed by atoms with Gasteiger partial charge in [-0.05, 0) is 45.4 Å². The highest BCUT2D eigenvalue weighted by Gasteiger charge is 2.29. The third kappa shape index (κ3) is 4.25. The van der Waals surface area contributed by atoms with Crippen molar-refractivity contribution in [1.82, 2.24) is 9.97 Å². The quantitative estimate of drug-likeness (QED) is 0.615. The van der Waals surface area contributed by atoms with Gasteiger partial charge in [0.25, 0.3) is 5.56 Å². The van der Waals surface area contributed by atoms with Gasteiger partial charge in [-0.25, -0.2) is 0 Å². The van der Waals surface area contributed by atoms with E-state index in [1.165, 1.54) is 0 Å². The van der Waals surface area contributed by atoms with Gasteiger partial charge in [0.2, 0.25) is 5.95 Å². The zero-order valence-corrected chi connectivity index (χ0v) is 20.3. The minimum absolute atomic E-state index is 0.0900. The fourth-order valence-electron chi connectivity index (χ4n) is 4.51. The number of hydrogen-bond donors (Lipinski definition) is 1. The van der Waals surface area contributed by atoms with Crippen LogP contribution in [0.3, 0.4) is 0 Å². The summed E-state index contributed by atoms with van der Waals surface area (Å²) < 4.78 is 10.9. The first-order valence-electron chi connectivity index (χ1n) is 10.9. The highest BCUT2D eigenvalue weighted by molar-refractivity contribution is 5.98. The maximum Gasteiger partial charge on any atom is 0.282 e. The van der Waals surface area contributed by atoms with Gasteiger partial charge in [0.15, 0.2) is 11.5 Å². The van der Waals surface area contributed by atoms with Crippen LogP contribution < -0.4 is 24.8 Å². The Bertz CT molecular complexity index is 1300. The van der Waals surface area contributed by atoms with E-state index in [9.17, 15) is 4.79 Å². The first-order valence-corrected chi connectivity index (χ1v) is 10.9. The maximum atomic E-state index is 12.9. The molecule has 0 bridgehead atoms. The van der Waals surface area contributed by atoms with Crippen LogP contribution >= 0.6 is 0 Å². The first kappa shape index (κ1) is 22.6. The largest absolute Gasteiger partial charge is 0.493 e. The Morgan fingerprint density at radius 1 is 1.18 bits per heavy atom. The SMILES string of the molecule is COc1cc2[nH]c(N(C)Cc3cccc(N4CC(C)(C)N=C4C)c3)nc(=O)c2c(C)c1OC. The Kier molecular flexibility index (Phi) is 5.78. The molecule has 4 rings (SSSR count). The molecule has 2 heterocycles. The van der Waals surface area contributed by atoms with Crippen molar-refractivity contribution in [2.45, 2.75) is 39.8 Å². The summed E-state index contributed by atoms with van der Waals surface area (Å²) >= 11 is 0. The molecule has 1 aliphatic rings. The third-order valence-electron chi connectivity index (χ3n) is 5.98. The van der Waals surface area contributed by atoms with E-state index >= 15 is 0 Å². The Morgan fingerprint density at radius 2 is 1.94 bits per heavy atom. The van der Waals surface area contributed by atoms with E-state index in [0.717, 1.165) is 23.6 Å². The molecule has 2 aromatic carbocycles. The number of methoxy groups -OCH3 is 2. The molecule has 0 saturated heterocycles. The summed E-state index contributed by atoms with van der Waals surface area (Å²) in [4.78, 5) is 29.4. The summed E-state index contributed by atoms with van der Waals surface area (Å²) in [6.07, 6.45) is 0. The van der Waals surface area contributed by atoms with Crippen molar-refractivity contribution in [2.75, 3.05) is 37.6 Å². The van der Waals surface area contributed by atoms with Crippen LogP contribution in [0.15, 0.2) is 40.1 Å². The predicted octanol–water partition coefficient (Wildman–Crippen LogP) is 3.90. The molecule has 0 spiro atoms. The highest BCUT2D eigenvalue weighted by atomic mass is 16.5. The molecule has 0 aliphatic carbocycles. The van der Waals surface area contributed by atoms with Crippen molar-refractivity contribution >= 4 is 28.4 Å². The second kappa shape index (κ2) is 8.42. The van der Waals surface area contributed by atoms with Crippen LogP contribution in [-0.4, -0.2) is 49.2 Å². The van der Waals surface area contributed by atoms with Crippen molar-refractivity contribution < 1.29 is 9.47 Å². The molecule has 3 aromatic rings. The van der Waals surface area contributed by atoms with Crippen molar-refractivity contribution in [2.24, 2.45) is 4.99 Å². The number of fused-ring (bicyclic) bond motifs is 1. The number of nitrogens with zero attached hydrogens (tertiary/aromatic N) is 4. The number of aromatic amines is 1. The monoisotopic (exact) mass is 449 g/mol. The summed E-state index contributed by atoms with van der Waals surface area (Å²) in [6.45, 7) is 9.59. The highest BCUT2D eigenvalue weighted by Crippen LogP contribution is 2.35. The fraction of sp³-hybridized carbons (Fsp3) is 0.400. The van der Waals surface area contributed by atoms with E-state index in [1.807, 2.05) is 31.9 Å². The standard InChI is InChI=1S/C25H31N5O3/c1-15-21-19(12-20(32-6)22(15)33-7)26-24(27-23(21)31)29(5)13-17-9-8-10-18(11-17)30-14-25(3,4)28-16(30)2/h8-12H,13-14H2,1-7H3,(H,26,27,31). The lowest BCUT2D eigenvalue weighted by Crippen LogP contribution is -2.31. The van der Waals surface area contributed by atoms with Gasteiger partial charge in [0.1, 0.15) is 5.84 Å². The van der Waals surface area contributed by atoms with Gasteiger partial charge in [-0.15, -0.1) is 0 Å². The summed E-state index contributed by atoms with van der Waals surface area (Å²) in [5.74, 6) is 2.62. The number of amidine groups is 1. The summed E-state index contributed by atoms with van der Waals surface area (Å²) in [5, 5.41) is 0.498. The van der Waals surface area contributed by atoms with E-state index in [2.05, 4.69) is 46.9 Å². The van der Waals surface area contributed by atoms with Gasteiger partial charge in [0.05, 0.1) is 30.7 Å². The van der Waals surface area contributed by atoms with Crippen LogP contribution in [0, 0.1) is 6.92 Å². The first-order chi connectivity index (χ1) is 15.6. The van der Waals surface area contributed by atoms with Crippen LogP contribution in [0.2, 0.25) is 0 Å². The van der Waals surface area contributed by atoms with E-state index in [-0.39, 0.29) is 11.1 Å². The zero-order chi connectivity index (χ0) is 23.9. The van der Waals surface area contributed by atoms with Crippen LogP contribution in [0.25, 0.3) is 10.9 Å². The normalized spacial score (nSPS) is 15.0. The van der Waals surface area contributed by atoms with Gasteiger partial charge < -0.3 is 24.3 Å². The summed E-state index contributed by atoms with van der Waals surface area (Å²) in [6, 6.07) is 10.2. The molecule has 0 radical (unpaired) electrons. The molecule has 8 heteroatoms. The van der Waals surface area contributed by atoms with Gasteiger partial charge in [-0.3, -0.25) is 9.79 Å². The number of aliphatic imine (C=N–C) groups is 1. The molecule has 33 heavy (non-hydrogen) atoms. The second-order valence-electron chi connectivity index (χ2n) is 9.11. The lowest BCUT2D eigenvalue weighted by molar-refractivity contribution is 0.354. The van der Waals surface area contributed by atoms with Crippen LogP contribution in [0.4, 0.5) is 11.6 Å². The number of H-pyrrole nitrogens is 1. The van der Waals surface area contributed by atoms with Crippen LogP contribution in [-0.2, 0) is 6.54 Å². The summed E-state index contributed by atoms with van der Waals surface area (Å²) in [7, 11) is 5.05. The van der Waals surface area contributed by atoms with Crippen molar-refractivity contribution in [3.05, 3.63) is 51.8 Å². The molecule has 1 aromatic heterocycles. The average molecular weight is 450 g/mol. The molecule has 0 fully saturated rings. The second-order valence-corrected chi connectivity index (χ2v) is 9.11. The lowest BCUT2D eigenvalue weighted by atomic mass is 10.1. The molecular formula is C25H31N5O3. The molecule has 0 atom stereocenters. The Balaban J connectivity index is 1.64. The number of nitrogens with one attached hydrogen (secondary N) is 1. The van der Waals surface area contributed by atoms with Gasteiger partial charge in [0, 0.05) is 37.5 Å². The molecule has 1 N–H and O–H groups in total. The fourth-order valence-corrected chi connectivity index (χ4v) is 4.51. The molecular weight excluding hydrogens is 418 g/mol. The van der Waals surface area contributed by atoms with E-state index in [1.54, 1.807) is 20.3 Å². The predicted molar refractivity (Wildman–Crippen MR) is 133 cm³/mol. The number of anilines is 2. The molecule has 0 unspecified atom stereocenters. The van der Waals surface area contributed by atoms with Crippen molar-refractivity contribution in [3.8, 4) is 11.5 Å². The molecule has 174 valence electrons. The molecule has 1 aliphatic heterocycles. The zero-order valence-electron chi connectivity index (χ0n) is 20.3. The molecule has 0 amide bonds. The third-order valence-corrected chi connectivity index (χ3v) is 5.98. The van der Waals surface area contributed by atoms with Gasteiger partial charge in [-0.1, -0.05) is 12.1 Å². The molecule has 8 nitrogen and oxygen atoms in total. The van der Waals surface area contributed by atoms with E-state index < -0.39 is 0 Å². The summed E-state index contributed by atoms with van der Waals surface area (Å²) in [5.41, 5.74) is 3.19. The molecule has 0 saturated carbocycles. The van der Waals surface area contributed by atoms with Crippen LogP contribution in [0.5, 0.6) is 11.5 Å². The number of aryl methyl sites for hydroxylation is 1. The van der Waals surface area contributed by atoms with E-state index in [0.29, 0.717) is 40.5 Å². The maximum absolute atomic E-state index is 12.9. The van der Waals surface area contributed by atoms with Crippen molar-refractivity contribution in [1.29, 1.82) is 0 Å². The smallest absolute Gasteiger partial charge is 0.282 e. The number of ether oxygens (including phenoxy) is 2. The topological polar surface area (TPSA) is 83.0 Å². The minimum Gasteiger partial charge on any atom is -0.493 e. The minimum atomic E-state index is -0.302. The Labute approximate surface area is 193 Å². The Hall–Kier alpha value is -3.55. The number of benzene rings is 2. The van der Waals surface area contributed by atoms with Crippen LogP contribution in [0.1, 0.15) is 31.9 Å². The average Bonchev–Trinajstić information content (AvgIpc) is 3.05. The van der Waals surface area contributed by atoms with Crippen molar-refractivity contribution in [3.63, 3.8) is 0 Å². The van der Waals surface area contributed by atoms with E-state index in [4.69, 9.17) is 14.5 Å². The number of rotatable bonds is 6. The van der Waals surface area contributed by atoms with Gasteiger partial charge >= 0.3 is 0 Å². The van der Waals surface area contributed by atoms with Gasteiger partial charge in [-0.2, -0.15) is 4.98 Å². The Morgan fingerprint density at radius 3 is 2.58 bits per heavy atom. The lowest BCUT2D eigenvalue weighted by Gasteiger charge is -2.23.